The van der Waals surface area contributed by atoms with Crippen molar-refractivity contribution in [3.05, 3.63) is 0 Å². The number of nitrogens with one attached hydrogen (secondary N) is 1. The molecular weight excluding hydrogens is 202 g/mol. The van der Waals surface area contributed by atoms with E-state index in [1.165, 1.54) is 19.4 Å². The second-order valence-electron chi connectivity index (χ2n) is 5.55. The van der Waals surface area contributed by atoms with Crippen LogP contribution in [-0.2, 0) is 0 Å². The lowest BCUT2D eigenvalue weighted by Crippen LogP contribution is -2.43. The zero-order valence-electron chi connectivity index (χ0n) is 10.5. The largest absolute Gasteiger partial charge is 0.392 e. The lowest BCUT2D eigenvalue weighted by molar-refractivity contribution is 0.175. The predicted molar refractivity (Wildman–Crippen MR) is 65.6 cm³/mol. The van der Waals surface area contributed by atoms with Crippen LogP contribution < -0.4 is 5.32 Å². The molecule has 3 unspecified atom stereocenters. The Bertz CT molecular complexity index is 222. The molecule has 0 spiro atoms. The van der Waals surface area contributed by atoms with E-state index in [1.807, 2.05) is 0 Å². The maximum atomic E-state index is 9.50. The van der Waals surface area contributed by atoms with Gasteiger partial charge in [0, 0.05) is 31.7 Å². The maximum Gasteiger partial charge on any atom is 0.0680 e. The molecule has 2 N–H and O–H groups in total. The van der Waals surface area contributed by atoms with Crippen molar-refractivity contribution in [1.82, 2.24) is 15.1 Å². The highest BCUT2D eigenvalue weighted by atomic mass is 16.3. The van der Waals surface area contributed by atoms with Crippen LogP contribution in [0, 0.1) is 0 Å². The number of likely N-dealkylation sites (tertiary alicyclic amines) is 1. The molecule has 2 aliphatic rings. The average molecular weight is 227 g/mol. The van der Waals surface area contributed by atoms with Crippen molar-refractivity contribution in [3.8, 4) is 0 Å². The lowest BCUT2D eigenvalue weighted by Gasteiger charge is -2.29. The normalized spacial score (nSPS) is 36.4. The smallest absolute Gasteiger partial charge is 0.0680 e. The number of hydrogen-bond acceptors (Lipinski definition) is 4. The van der Waals surface area contributed by atoms with Crippen molar-refractivity contribution >= 4 is 0 Å². The Morgan fingerprint density at radius 2 is 2.25 bits per heavy atom. The van der Waals surface area contributed by atoms with Gasteiger partial charge in [-0.05, 0) is 39.9 Å². The van der Waals surface area contributed by atoms with Crippen LogP contribution in [0.25, 0.3) is 0 Å². The SMILES string of the molecule is CN(C)CC1CCCN1CC1CC(O)CN1. The monoisotopic (exact) mass is 227 g/mol. The summed E-state index contributed by atoms with van der Waals surface area (Å²) in [5.41, 5.74) is 0. The van der Waals surface area contributed by atoms with Crippen LogP contribution in [0.3, 0.4) is 0 Å². The van der Waals surface area contributed by atoms with Gasteiger partial charge in [-0.1, -0.05) is 0 Å². The molecule has 0 radical (unpaired) electrons. The molecule has 3 atom stereocenters. The van der Waals surface area contributed by atoms with Gasteiger partial charge in [0.05, 0.1) is 6.10 Å². The molecule has 0 aromatic carbocycles. The maximum absolute atomic E-state index is 9.50. The summed E-state index contributed by atoms with van der Waals surface area (Å²) in [5.74, 6) is 0. The molecule has 0 amide bonds. The van der Waals surface area contributed by atoms with E-state index in [1.54, 1.807) is 0 Å². The summed E-state index contributed by atoms with van der Waals surface area (Å²) in [6, 6.07) is 1.22. The average Bonchev–Trinajstić information content (AvgIpc) is 2.77. The molecule has 2 heterocycles. The van der Waals surface area contributed by atoms with Crippen molar-refractivity contribution in [2.45, 2.75) is 37.5 Å². The lowest BCUT2D eigenvalue weighted by atomic mass is 10.1. The van der Waals surface area contributed by atoms with Crippen LogP contribution in [0.15, 0.2) is 0 Å². The number of aliphatic hydroxyl groups is 1. The highest BCUT2D eigenvalue weighted by Gasteiger charge is 2.30. The molecule has 2 aliphatic heterocycles. The van der Waals surface area contributed by atoms with Crippen molar-refractivity contribution in [1.29, 1.82) is 0 Å². The van der Waals surface area contributed by atoms with Crippen LogP contribution in [-0.4, -0.2) is 73.4 Å². The van der Waals surface area contributed by atoms with Gasteiger partial charge in [0.1, 0.15) is 0 Å². The second-order valence-corrected chi connectivity index (χ2v) is 5.55. The van der Waals surface area contributed by atoms with Gasteiger partial charge in [0.15, 0.2) is 0 Å². The summed E-state index contributed by atoms with van der Waals surface area (Å²) in [5, 5.41) is 12.9. The van der Waals surface area contributed by atoms with Gasteiger partial charge in [-0.2, -0.15) is 0 Å². The fourth-order valence-electron chi connectivity index (χ4n) is 2.98. The van der Waals surface area contributed by atoms with Crippen molar-refractivity contribution in [2.24, 2.45) is 0 Å². The summed E-state index contributed by atoms with van der Waals surface area (Å²) >= 11 is 0. The molecule has 2 fully saturated rings. The zero-order chi connectivity index (χ0) is 11.5. The Kier molecular flexibility index (Phi) is 4.19. The number of rotatable bonds is 4. The van der Waals surface area contributed by atoms with E-state index in [2.05, 4.69) is 29.2 Å². The van der Waals surface area contributed by atoms with E-state index in [4.69, 9.17) is 0 Å². The van der Waals surface area contributed by atoms with E-state index >= 15 is 0 Å². The van der Waals surface area contributed by atoms with Crippen LogP contribution in [0.4, 0.5) is 0 Å². The van der Waals surface area contributed by atoms with Gasteiger partial charge < -0.3 is 15.3 Å². The Balaban J connectivity index is 1.79. The molecular formula is C12H25N3O. The Labute approximate surface area is 98.6 Å². The molecule has 2 rings (SSSR count). The van der Waals surface area contributed by atoms with Gasteiger partial charge in [-0.25, -0.2) is 0 Å². The summed E-state index contributed by atoms with van der Waals surface area (Å²) in [6.07, 6.45) is 3.45. The predicted octanol–water partition coefficient (Wildman–Crippen LogP) is -0.265. The van der Waals surface area contributed by atoms with Crippen LogP contribution >= 0.6 is 0 Å². The molecule has 0 aromatic rings. The van der Waals surface area contributed by atoms with Crippen LogP contribution in [0.2, 0.25) is 0 Å². The van der Waals surface area contributed by atoms with Gasteiger partial charge in [0.25, 0.3) is 0 Å². The number of β-amino-alcohol motifs (C(OH)–C–C–N with tert-alkyl or cyclic N) is 1. The van der Waals surface area contributed by atoms with Crippen molar-refractivity contribution in [3.63, 3.8) is 0 Å². The molecule has 0 aromatic heterocycles. The molecule has 0 bridgehead atoms. The standard InChI is InChI=1S/C12H25N3O/c1-14(2)9-11-4-3-5-15(11)8-10-6-12(16)7-13-10/h10-13,16H,3-9H2,1-2H3. The number of hydrogen-bond donors (Lipinski definition) is 2. The fraction of sp³-hybridized carbons (Fsp3) is 1.00. The Hall–Kier alpha value is -0.160. The molecule has 4 heteroatoms. The first kappa shape index (κ1) is 12.3. The summed E-state index contributed by atoms with van der Waals surface area (Å²) in [7, 11) is 4.29. The van der Waals surface area contributed by atoms with E-state index in [0.717, 1.165) is 32.1 Å². The van der Waals surface area contributed by atoms with E-state index in [9.17, 15) is 5.11 Å². The number of likely N-dealkylation sites (N-methyl/N-ethyl adjacent to an activating group) is 1. The van der Waals surface area contributed by atoms with Gasteiger partial charge >= 0.3 is 0 Å². The highest BCUT2D eigenvalue weighted by molar-refractivity contribution is 4.88. The third-order valence-electron chi connectivity index (χ3n) is 3.73. The van der Waals surface area contributed by atoms with E-state index in [-0.39, 0.29) is 6.10 Å². The Morgan fingerprint density at radius 3 is 2.88 bits per heavy atom. The molecule has 94 valence electrons. The fourth-order valence-corrected chi connectivity index (χ4v) is 2.98. The topological polar surface area (TPSA) is 38.7 Å². The minimum atomic E-state index is -0.125. The zero-order valence-corrected chi connectivity index (χ0v) is 10.5. The molecule has 16 heavy (non-hydrogen) atoms. The van der Waals surface area contributed by atoms with E-state index < -0.39 is 0 Å². The van der Waals surface area contributed by atoms with Crippen LogP contribution in [0.5, 0.6) is 0 Å². The quantitative estimate of drug-likeness (QED) is 0.694. The number of aliphatic hydroxyl groups excluding tert-OH is 1. The van der Waals surface area contributed by atoms with E-state index in [0.29, 0.717) is 6.04 Å². The van der Waals surface area contributed by atoms with Gasteiger partial charge in [-0.3, -0.25) is 4.90 Å². The third kappa shape index (κ3) is 3.17. The Morgan fingerprint density at radius 1 is 1.44 bits per heavy atom. The first-order chi connectivity index (χ1) is 7.65. The van der Waals surface area contributed by atoms with Crippen LogP contribution in [0.1, 0.15) is 19.3 Å². The molecule has 2 saturated heterocycles. The number of nitrogens with zero attached hydrogens (tertiary/aromatic N) is 2. The minimum Gasteiger partial charge on any atom is -0.392 e. The van der Waals surface area contributed by atoms with Crippen molar-refractivity contribution < 1.29 is 5.11 Å². The molecule has 4 nitrogen and oxygen atoms in total. The molecule has 0 saturated carbocycles. The summed E-state index contributed by atoms with van der Waals surface area (Å²) < 4.78 is 0. The molecule has 0 aliphatic carbocycles. The highest BCUT2D eigenvalue weighted by Crippen LogP contribution is 2.19. The summed E-state index contributed by atoms with van der Waals surface area (Å²) in [6.45, 7) is 4.27. The first-order valence-electron chi connectivity index (χ1n) is 6.45. The van der Waals surface area contributed by atoms with Gasteiger partial charge in [-0.15, -0.1) is 0 Å². The third-order valence-corrected chi connectivity index (χ3v) is 3.73. The van der Waals surface area contributed by atoms with Crippen molar-refractivity contribution in [2.75, 3.05) is 40.3 Å². The summed E-state index contributed by atoms with van der Waals surface area (Å²) in [4.78, 5) is 4.87. The first-order valence-corrected chi connectivity index (χ1v) is 6.45. The minimum absolute atomic E-state index is 0.125. The second kappa shape index (κ2) is 5.45. The van der Waals surface area contributed by atoms with Gasteiger partial charge in [0.2, 0.25) is 0 Å².